The lowest BCUT2D eigenvalue weighted by Gasteiger charge is -2.31. The van der Waals surface area contributed by atoms with Gasteiger partial charge in [0.25, 0.3) is 0 Å². The van der Waals surface area contributed by atoms with Crippen LogP contribution >= 0.6 is 23.2 Å². The summed E-state index contributed by atoms with van der Waals surface area (Å²) in [4.78, 5) is 50.3. The molecule has 71 heavy (non-hydrogen) atoms. The lowest BCUT2D eigenvalue weighted by molar-refractivity contribution is -0.171. The molecule has 0 radical (unpaired) electrons. The summed E-state index contributed by atoms with van der Waals surface area (Å²) >= 11 is 9.53. The monoisotopic (exact) mass is 1020 g/mol. The first-order valence-corrected chi connectivity index (χ1v) is 23.3. The topological polar surface area (TPSA) is 117 Å². The van der Waals surface area contributed by atoms with Crippen molar-refractivity contribution < 1.29 is 45.8 Å². The third-order valence-electron chi connectivity index (χ3n) is 9.87. The van der Waals surface area contributed by atoms with Crippen LogP contribution in [0.15, 0.2) is 146 Å². The molecule has 0 aliphatic carbocycles. The van der Waals surface area contributed by atoms with Gasteiger partial charge in [0.1, 0.15) is 34.5 Å². The number of carbonyl (C=O) groups is 3. The highest BCUT2D eigenvalue weighted by Gasteiger charge is 2.45. The second kappa shape index (κ2) is 25.9. The maximum absolute atomic E-state index is 13.6. The molecular weight excluding hydrogens is 967 g/mol. The molecule has 11 nitrogen and oxygen atoms in total. The van der Waals surface area contributed by atoms with E-state index in [1.165, 1.54) is 71.5 Å². The van der Waals surface area contributed by atoms with Crippen LogP contribution in [0.25, 0.3) is 0 Å². The quantitative estimate of drug-likeness (QED) is 0.0951. The number of amides is 3. The number of aromatic nitrogens is 2. The summed E-state index contributed by atoms with van der Waals surface area (Å²) in [5.74, 6) is -2.55. The maximum Gasteiger partial charge on any atom is 0.471 e. The molecule has 0 saturated heterocycles. The summed E-state index contributed by atoms with van der Waals surface area (Å²) in [5, 5.41) is 3.57. The molecule has 2 aromatic heterocycles. The van der Waals surface area contributed by atoms with Crippen molar-refractivity contribution in [2.24, 2.45) is 0 Å². The Morgan fingerprint density at radius 1 is 0.606 bits per heavy atom. The molecule has 0 saturated carbocycles. The second-order valence-corrected chi connectivity index (χ2v) is 18.6. The Labute approximate surface area is 421 Å². The highest BCUT2D eigenvalue weighted by atomic mass is 35.5. The number of anilines is 4. The predicted molar refractivity (Wildman–Crippen MR) is 270 cm³/mol. The average Bonchev–Trinajstić information content (AvgIpc) is 3.31. The molecule has 0 fully saturated rings. The van der Waals surface area contributed by atoms with Crippen molar-refractivity contribution in [3.05, 3.63) is 180 Å². The molecule has 0 aliphatic rings. The van der Waals surface area contributed by atoms with Crippen molar-refractivity contribution in [1.29, 1.82) is 0 Å². The number of nitrogens with zero attached hydrogens (tertiary/aromatic N) is 5. The number of pyridine rings is 2. The number of alkyl halides is 5. The molecule has 3 amide bonds. The van der Waals surface area contributed by atoms with Crippen molar-refractivity contribution in [2.45, 2.75) is 97.9 Å². The van der Waals surface area contributed by atoms with Gasteiger partial charge in [-0.25, -0.2) is 28.3 Å². The number of hydrogen-bond donors (Lipinski definition) is 1. The van der Waals surface area contributed by atoms with Crippen LogP contribution in [0.5, 0.6) is 0 Å². The van der Waals surface area contributed by atoms with Crippen molar-refractivity contribution in [1.82, 2.24) is 9.97 Å². The van der Waals surface area contributed by atoms with Crippen LogP contribution in [0.4, 0.5) is 54.6 Å². The molecule has 6 rings (SSSR count). The Bertz CT molecular complexity index is 2620. The van der Waals surface area contributed by atoms with Gasteiger partial charge in [0.2, 0.25) is 0 Å². The molecule has 0 aliphatic heterocycles. The van der Waals surface area contributed by atoms with E-state index < -0.39 is 47.3 Å². The molecule has 0 spiro atoms. The van der Waals surface area contributed by atoms with Gasteiger partial charge < -0.3 is 14.8 Å². The Morgan fingerprint density at radius 3 is 1.44 bits per heavy atom. The Morgan fingerprint density at radius 2 is 1.01 bits per heavy atom. The minimum atomic E-state index is -5.17. The fourth-order valence-electron chi connectivity index (χ4n) is 6.62. The summed E-state index contributed by atoms with van der Waals surface area (Å²) in [7, 11) is 0. The third kappa shape index (κ3) is 18.5. The van der Waals surface area contributed by atoms with Crippen LogP contribution in [0.3, 0.4) is 0 Å². The van der Waals surface area contributed by atoms with E-state index in [0.29, 0.717) is 27.5 Å². The van der Waals surface area contributed by atoms with Crippen molar-refractivity contribution in [3.8, 4) is 0 Å². The zero-order valence-electron chi connectivity index (χ0n) is 40.6. The van der Waals surface area contributed by atoms with Gasteiger partial charge in [-0.15, -0.1) is 23.2 Å². The zero-order chi connectivity index (χ0) is 52.5. The van der Waals surface area contributed by atoms with Gasteiger partial charge in [-0.2, -0.15) is 13.2 Å². The summed E-state index contributed by atoms with van der Waals surface area (Å²) < 4.78 is 78.7. The van der Waals surface area contributed by atoms with Crippen LogP contribution < -0.4 is 20.0 Å². The van der Waals surface area contributed by atoms with Crippen LogP contribution in [-0.2, 0) is 27.4 Å². The third-order valence-corrected chi connectivity index (χ3v) is 9.87. The number of benzene rings is 4. The fraction of sp³-hybridized carbons (Fsp3) is 0.302. The molecule has 6 aromatic rings. The van der Waals surface area contributed by atoms with Crippen LogP contribution in [0.2, 0.25) is 0 Å². The first-order valence-electron chi connectivity index (χ1n) is 22.2. The summed E-state index contributed by atoms with van der Waals surface area (Å²) in [6.07, 6.45) is -3.57. The molecule has 378 valence electrons. The van der Waals surface area contributed by atoms with Gasteiger partial charge in [-0.1, -0.05) is 84.9 Å². The molecule has 1 N–H and O–H groups in total. The van der Waals surface area contributed by atoms with Crippen molar-refractivity contribution in [3.63, 3.8) is 0 Å². The zero-order valence-corrected chi connectivity index (χ0v) is 42.1. The second-order valence-electron chi connectivity index (χ2n) is 17.8. The normalized spacial score (nSPS) is 12.1. The van der Waals surface area contributed by atoms with E-state index in [1.54, 1.807) is 75.5 Å². The number of nitrogens with one attached hydrogen (secondary N) is 1. The highest BCUT2D eigenvalue weighted by Crippen LogP contribution is 2.34. The van der Waals surface area contributed by atoms with Crippen molar-refractivity contribution in [2.75, 3.05) is 25.4 Å². The van der Waals surface area contributed by atoms with Gasteiger partial charge in [0.15, 0.2) is 0 Å². The highest BCUT2D eigenvalue weighted by molar-refractivity contribution is 6.40. The number of rotatable bonds is 12. The van der Waals surface area contributed by atoms with E-state index in [1.807, 2.05) is 64.1 Å². The first-order chi connectivity index (χ1) is 33.4. The first kappa shape index (κ1) is 56.8. The lowest BCUT2D eigenvalue weighted by atomic mass is 10.1. The van der Waals surface area contributed by atoms with E-state index in [2.05, 4.69) is 15.3 Å². The van der Waals surface area contributed by atoms with Crippen LogP contribution in [-0.4, -0.2) is 50.8 Å². The SMILES string of the molecule is C[C@@H](c1ccccc1)N(C(=O)C(F)(F)F)c1cc(N(Cc2ccc(F)cc2)C(=O)OC(C)(C)C)ccn1.C[C@H](Nc1cc(N(Cc2ccc(F)cc2)C(=O)OC(C)(C)C)ccn1)c1ccccc1.ClCCl. The van der Waals surface area contributed by atoms with E-state index in [9.17, 15) is 36.3 Å². The molecule has 0 bridgehead atoms. The fourth-order valence-corrected chi connectivity index (χ4v) is 6.62. The minimum absolute atomic E-state index is 0.0380. The average molecular weight is 1020 g/mol. The Hall–Kier alpha value is -6.78. The van der Waals surface area contributed by atoms with Gasteiger partial charge >= 0.3 is 24.3 Å². The number of ether oxygens (including phenoxy) is 2. The van der Waals surface area contributed by atoms with Crippen molar-refractivity contribution >= 4 is 64.3 Å². The predicted octanol–water partition coefficient (Wildman–Crippen LogP) is 14.6. The van der Waals surface area contributed by atoms with Crippen LogP contribution in [0.1, 0.15) is 89.7 Å². The molecule has 4 aromatic carbocycles. The van der Waals surface area contributed by atoms with Crippen LogP contribution in [0, 0.1) is 11.6 Å². The van der Waals surface area contributed by atoms with Gasteiger partial charge in [0, 0.05) is 30.6 Å². The van der Waals surface area contributed by atoms with E-state index >= 15 is 0 Å². The van der Waals surface area contributed by atoms with Gasteiger partial charge in [-0.05, 0) is 114 Å². The molecule has 18 heteroatoms. The number of hydrogen-bond acceptors (Lipinski definition) is 8. The largest absolute Gasteiger partial charge is 0.471 e. The van der Waals surface area contributed by atoms with E-state index in [4.69, 9.17) is 32.7 Å². The van der Waals surface area contributed by atoms with Gasteiger partial charge in [0.05, 0.1) is 35.8 Å². The lowest BCUT2D eigenvalue weighted by Crippen LogP contribution is -2.43. The van der Waals surface area contributed by atoms with E-state index in [-0.39, 0.29) is 41.8 Å². The summed E-state index contributed by atoms with van der Waals surface area (Å²) in [6.45, 7) is 14.2. The number of carbonyl (C=O) groups excluding carboxylic acids is 3. The molecule has 2 heterocycles. The summed E-state index contributed by atoms with van der Waals surface area (Å²) in [5.41, 5.74) is 2.19. The maximum atomic E-state index is 13.6. The number of halogens is 7. The molecule has 2 atom stereocenters. The smallest absolute Gasteiger partial charge is 0.443 e. The Balaban J connectivity index is 0.000000296. The van der Waals surface area contributed by atoms with E-state index in [0.717, 1.165) is 11.1 Å². The standard InChI is InChI=1S/C27H27F4N3O3.C25H28FN3O2.CH2Cl2/c1-18(20-8-6-5-7-9-20)34(24(35)27(29,30)31)23-16-22(14-15-32-23)33(25(36)37-26(2,3)4)17-19-10-12-21(28)13-11-19;1-18(20-8-6-5-7-9-20)28-23-16-22(14-15-27-23)29(24(30)31-25(2,3)4)17-19-10-12-21(26)13-11-19;2-1-3/h5-16,18H,17H2,1-4H3;5-16,18H,17H2,1-4H3,(H,27,28);1H2/t2*18-;/m00./s1. The minimum Gasteiger partial charge on any atom is -0.443 e. The summed E-state index contributed by atoms with van der Waals surface area (Å²) in [6, 6.07) is 35.0. The molecule has 0 unspecified atom stereocenters. The molecular formula is C53H57Cl2F5N6O5. The Kier molecular flexibility index (Phi) is 20.7. The van der Waals surface area contributed by atoms with Gasteiger partial charge in [-0.3, -0.25) is 19.5 Å².